The van der Waals surface area contributed by atoms with Crippen LogP contribution >= 0.6 is 0 Å². The van der Waals surface area contributed by atoms with E-state index in [9.17, 15) is 13.2 Å². The molecule has 1 spiro atoms. The van der Waals surface area contributed by atoms with Crippen LogP contribution in [0.4, 0.5) is 13.2 Å². The lowest BCUT2D eigenvalue weighted by Gasteiger charge is -2.38. The highest BCUT2D eigenvalue weighted by Gasteiger charge is 2.43. The Morgan fingerprint density at radius 2 is 1.85 bits per heavy atom. The number of nitrogens with zero attached hydrogens (tertiary/aromatic N) is 1. The van der Waals surface area contributed by atoms with Crippen LogP contribution < -0.4 is 0 Å². The van der Waals surface area contributed by atoms with Crippen molar-refractivity contribution < 1.29 is 37.3 Å². The van der Waals surface area contributed by atoms with Crippen LogP contribution in [0.1, 0.15) is 43.2 Å². The zero-order valence-electron chi connectivity index (χ0n) is 19.1. The second-order valence-electron chi connectivity index (χ2n) is 9.21. The molecule has 1 aromatic rings. The average Bonchev–Trinajstić information content (AvgIpc) is 3.19. The Balaban J connectivity index is 0.000000383. The van der Waals surface area contributed by atoms with Crippen molar-refractivity contribution in [2.45, 2.75) is 63.5 Å². The second-order valence-corrected chi connectivity index (χ2v) is 9.21. The zero-order valence-corrected chi connectivity index (χ0v) is 19.1. The van der Waals surface area contributed by atoms with Gasteiger partial charge >= 0.3 is 12.1 Å². The van der Waals surface area contributed by atoms with Crippen molar-refractivity contribution in [2.24, 2.45) is 5.92 Å². The van der Waals surface area contributed by atoms with E-state index in [2.05, 4.69) is 36.1 Å². The van der Waals surface area contributed by atoms with E-state index in [1.807, 2.05) is 0 Å². The molecular weight excluding hydrogens is 439 g/mol. The van der Waals surface area contributed by atoms with E-state index in [-0.39, 0.29) is 5.60 Å². The maximum atomic E-state index is 10.6. The Morgan fingerprint density at radius 1 is 1.21 bits per heavy atom. The molecule has 0 aromatic heterocycles. The minimum absolute atomic E-state index is 0.0720. The minimum Gasteiger partial charge on any atom is -0.475 e. The smallest absolute Gasteiger partial charge is 0.475 e. The molecule has 0 bridgehead atoms. The Bertz CT molecular complexity index is 759. The number of aliphatic carboxylic acids is 1. The first-order chi connectivity index (χ1) is 15.7. The van der Waals surface area contributed by atoms with Crippen LogP contribution in [0.2, 0.25) is 0 Å². The standard InChI is InChI=1S/C22H33NO3.C2HF3O2/c1-18-4-2-3-5-20(18)15-23-10-8-22(9-11-23)14-21(17-26-22)25-16-19-6-12-24-13-7-19;3-2(4,5)1(6)7/h2-5,19,21H,6-17H2,1H3;(H,6,7). The minimum atomic E-state index is -5.08. The summed E-state index contributed by atoms with van der Waals surface area (Å²) >= 11 is 0. The van der Waals surface area contributed by atoms with Gasteiger partial charge in [-0.3, -0.25) is 4.90 Å². The van der Waals surface area contributed by atoms with E-state index in [1.54, 1.807) is 0 Å². The van der Waals surface area contributed by atoms with Crippen LogP contribution in [0, 0.1) is 12.8 Å². The number of hydrogen-bond donors (Lipinski definition) is 1. The largest absolute Gasteiger partial charge is 0.490 e. The van der Waals surface area contributed by atoms with E-state index in [0.717, 1.165) is 78.2 Å². The number of ether oxygens (including phenoxy) is 3. The molecule has 3 aliphatic rings. The first-order valence-corrected chi connectivity index (χ1v) is 11.6. The normalized spacial score (nSPS) is 23.8. The summed E-state index contributed by atoms with van der Waals surface area (Å²) in [6.07, 6.45) is 0.848. The number of alkyl halides is 3. The lowest BCUT2D eigenvalue weighted by atomic mass is 9.87. The van der Waals surface area contributed by atoms with E-state index < -0.39 is 12.1 Å². The molecule has 1 unspecified atom stereocenters. The fourth-order valence-corrected chi connectivity index (χ4v) is 4.59. The predicted octanol–water partition coefficient (Wildman–Crippen LogP) is 4.20. The van der Waals surface area contributed by atoms with E-state index in [1.165, 1.54) is 11.1 Å². The Morgan fingerprint density at radius 3 is 2.45 bits per heavy atom. The number of aryl methyl sites for hydroxylation is 1. The number of hydrogen-bond acceptors (Lipinski definition) is 5. The summed E-state index contributed by atoms with van der Waals surface area (Å²) in [6.45, 7) is 8.98. The molecule has 1 aromatic carbocycles. The maximum absolute atomic E-state index is 10.6. The molecule has 33 heavy (non-hydrogen) atoms. The van der Waals surface area contributed by atoms with Gasteiger partial charge in [-0.1, -0.05) is 24.3 Å². The van der Waals surface area contributed by atoms with Gasteiger partial charge in [0.2, 0.25) is 0 Å². The van der Waals surface area contributed by atoms with Crippen molar-refractivity contribution in [3.8, 4) is 0 Å². The summed E-state index contributed by atoms with van der Waals surface area (Å²) in [5.41, 5.74) is 2.92. The van der Waals surface area contributed by atoms with Gasteiger partial charge in [-0.15, -0.1) is 0 Å². The first-order valence-electron chi connectivity index (χ1n) is 11.6. The van der Waals surface area contributed by atoms with E-state index >= 15 is 0 Å². The van der Waals surface area contributed by atoms with E-state index in [4.69, 9.17) is 24.1 Å². The lowest BCUT2D eigenvalue weighted by Crippen LogP contribution is -2.44. The van der Waals surface area contributed by atoms with Crippen molar-refractivity contribution >= 4 is 5.97 Å². The number of rotatable bonds is 5. The third-order valence-corrected chi connectivity index (χ3v) is 6.75. The van der Waals surface area contributed by atoms with Crippen molar-refractivity contribution in [2.75, 3.05) is 39.5 Å². The topological polar surface area (TPSA) is 68.2 Å². The van der Waals surface area contributed by atoms with Gasteiger partial charge in [-0.05, 0) is 49.7 Å². The summed E-state index contributed by atoms with van der Waals surface area (Å²) < 4.78 is 49.7. The number of halogens is 3. The van der Waals surface area contributed by atoms with Gasteiger partial charge in [0.15, 0.2) is 0 Å². The molecule has 0 saturated carbocycles. The van der Waals surface area contributed by atoms with Crippen molar-refractivity contribution in [3.63, 3.8) is 0 Å². The summed E-state index contributed by atoms with van der Waals surface area (Å²) in [5.74, 6) is -2.08. The summed E-state index contributed by atoms with van der Waals surface area (Å²) in [6, 6.07) is 8.73. The van der Waals surface area contributed by atoms with Gasteiger partial charge in [-0.2, -0.15) is 13.2 Å². The molecule has 0 amide bonds. The number of benzene rings is 1. The Kier molecular flexibility index (Phi) is 9.15. The molecule has 0 radical (unpaired) electrons. The number of carboxylic acid groups (broad SMARTS) is 1. The number of likely N-dealkylation sites (tertiary alicyclic amines) is 1. The van der Waals surface area contributed by atoms with Crippen molar-refractivity contribution in [3.05, 3.63) is 35.4 Å². The van der Waals surface area contributed by atoms with Gasteiger partial charge in [0.05, 0.1) is 24.9 Å². The lowest BCUT2D eigenvalue weighted by molar-refractivity contribution is -0.192. The molecule has 186 valence electrons. The molecule has 0 aliphatic carbocycles. The van der Waals surface area contributed by atoms with Gasteiger partial charge in [0.25, 0.3) is 0 Å². The third-order valence-electron chi connectivity index (χ3n) is 6.75. The highest BCUT2D eigenvalue weighted by molar-refractivity contribution is 5.73. The van der Waals surface area contributed by atoms with Crippen molar-refractivity contribution in [1.29, 1.82) is 0 Å². The molecule has 3 aliphatic heterocycles. The molecule has 3 heterocycles. The maximum Gasteiger partial charge on any atom is 0.490 e. The molecule has 4 rings (SSSR count). The van der Waals surface area contributed by atoms with Crippen LogP contribution in [0.3, 0.4) is 0 Å². The van der Waals surface area contributed by atoms with E-state index in [0.29, 0.717) is 12.0 Å². The third kappa shape index (κ3) is 7.95. The second kappa shape index (κ2) is 11.6. The molecular formula is C24H34F3NO5. The predicted molar refractivity (Wildman–Crippen MR) is 116 cm³/mol. The SMILES string of the molecule is Cc1ccccc1CN1CCC2(CC1)CC(OCC1CCOCC1)CO2.O=C(O)C(F)(F)F. The van der Waals surface area contributed by atoms with Crippen LogP contribution in [0.25, 0.3) is 0 Å². The molecule has 1 N–H and O–H groups in total. The fourth-order valence-electron chi connectivity index (χ4n) is 4.59. The molecule has 6 nitrogen and oxygen atoms in total. The van der Waals surface area contributed by atoms with Crippen molar-refractivity contribution in [1.82, 2.24) is 4.90 Å². The van der Waals surface area contributed by atoms with Gasteiger partial charge in [-0.25, -0.2) is 4.79 Å². The average molecular weight is 474 g/mol. The zero-order chi connectivity index (χ0) is 23.9. The number of carbonyl (C=O) groups is 1. The first kappa shape index (κ1) is 25.9. The van der Waals surface area contributed by atoms with Crippen LogP contribution in [-0.4, -0.2) is 73.4 Å². The summed E-state index contributed by atoms with van der Waals surface area (Å²) in [5, 5.41) is 7.12. The summed E-state index contributed by atoms with van der Waals surface area (Å²) in [4.78, 5) is 11.5. The molecule has 3 fully saturated rings. The fraction of sp³-hybridized carbons (Fsp3) is 0.708. The van der Waals surface area contributed by atoms with Gasteiger partial charge < -0.3 is 19.3 Å². The van der Waals surface area contributed by atoms with Gasteiger partial charge in [0, 0.05) is 39.3 Å². The summed E-state index contributed by atoms with van der Waals surface area (Å²) in [7, 11) is 0. The van der Waals surface area contributed by atoms with Crippen LogP contribution in [-0.2, 0) is 25.5 Å². The van der Waals surface area contributed by atoms with Crippen LogP contribution in [0.5, 0.6) is 0 Å². The highest BCUT2D eigenvalue weighted by atomic mass is 19.4. The Labute approximate surface area is 193 Å². The number of piperidine rings is 1. The quantitative estimate of drug-likeness (QED) is 0.692. The number of carboxylic acids is 1. The Hall–Kier alpha value is -1.68. The van der Waals surface area contributed by atoms with Crippen LogP contribution in [0.15, 0.2) is 24.3 Å². The molecule has 3 saturated heterocycles. The monoisotopic (exact) mass is 473 g/mol. The highest BCUT2D eigenvalue weighted by Crippen LogP contribution is 2.37. The van der Waals surface area contributed by atoms with Gasteiger partial charge in [0.1, 0.15) is 0 Å². The molecule has 1 atom stereocenters. The molecule has 9 heteroatoms.